The number of hydrogen-bond acceptors (Lipinski definition) is 6. The first-order chi connectivity index (χ1) is 11.3. The minimum absolute atomic E-state index is 0.404. The lowest BCUT2D eigenvalue weighted by Crippen LogP contribution is -1.75. The molecule has 4 aromatic rings. The Morgan fingerprint density at radius 2 is 1.30 bits per heavy atom. The smallest absolute Gasteiger partial charge is 0.285 e. The summed E-state index contributed by atoms with van der Waals surface area (Å²) >= 11 is 3.09. The summed E-state index contributed by atoms with van der Waals surface area (Å²) in [7, 11) is 0. The molecule has 6 nitrogen and oxygen atoms in total. The van der Waals surface area contributed by atoms with Gasteiger partial charge in [-0.2, -0.15) is 0 Å². The van der Waals surface area contributed by atoms with Crippen LogP contribution in [0.1, 0.15) is 0 Å². The SMILES string of the molecule is Brc1nnc(-c2ccccc2)o1.c1ccc(-c2nnco2)cc1. The third-order valence-corrected chi connectivity index (χ3v) is 3.12. The molecule has 4 rings (SSSR count). The molecule has 0 fully saturated rings. The average Bonchev–Trinajstić information content (AvgIpc) is 3.29. The van der Waals surface area contributed by atoms with E-state index in [0.29, 0.717) is 16.6 Å². The van der Waals surface area contributed by atoms with E-state index in [0.717, 1.165) is 11.1 Å². The maximum atomic E-state index is 5.16. The van der Waals surface area contributed by atoms with Crippen molar-refractivity contribution >= 4 is 15.9 Å². The van der Waals surface area contributed by atoms with E-state index in [1.54, 1.807) is 0 Å². The summed E-state index contributed by atoms with van der Waals surface area (Å²) in [6.45, 7) is 0. The van der Waals surface area contributed by atoms with Gasteiger partial charge in [0, 0.05) is 27.1 Å². The van der Waals surface area contributed by atoms with Crippen LogP contribution in [-0.4, -0.2) is 20.4 Å². The van der Waals surface area contributed by atoms with Crippen molar-refractivity contribution in [3.05, 3.63) is 71.9 Å². The first kappa shape index (κ1) is 15.1. The Morgan fingerprint density at radius 1 is 0.696 bits per heavy atom. The fraction of sp³-hybridized carbons (Fsp3) is 0. The molecule has 2 aromatic heterocycles. The lowest BCUT2D eigenvalue weighted by molar-refractivity contribution is 0.540. The van der Waals surface area contributed by atoms with Crippen LogP contribution in [0.5, 0.6) is 0 Å². The molecule has 0 saturated heterocycles. The minimum Gasteiger partial charge on any atom is -0.423 e. The van der Waals surface area contributed by atoms with Gasteiger partial charge >= 0.3 is 0 Å². The van der Waals surface area contributed by atoms with Crippen molar-refractivity contribution in [2.24, 2.45) is 0 Å². The highest BCUT2D eigenvalue weighted by Gasteiger charge is 2.04. The number of hydrogen-bond donors (Lipinski definition) is 0. The van der Waals surface area contributed by atoms with Gasteiger partial charge in [0.15, 0.2) is 0 Å². The van der Waals surface area contributed by atoms with Gasteiger partial charge in [0.1, 0.15) is 0 Å². The summed E-state index contributed by atoms with van der Waals surface area (Å²) < 4.78 is 10.2. The monoisotopic (exact) mass is 370 g/mol. The summed E-state index contributed by atoms with van der Waals surface area (Å²) in [5.74, 6) is 1.09. The van der Waals surface area contributed by atoms with Crippen LogP contribution in [0.3, 0.4) is 0 Å². The Kier molecular flexibility index (Phi) is 4.90. The average molecular weight is 371 g/mol. The number of rotatable bonds is 2. The lowest BCUT2D eigenvalue weighted by Gasteiger charge is -1.90. The second-order valence-corrected chi connectivity index (χ2v) is 5.01. The summed E-state index contributed by atoms with van der Waals surface area (Å²) in [6, 6.07) is 19.3. The fourth-order valence-corrected chi connectivity index (χ4v) is 2.01. The molecule has 0 unspecified atom stereocenters. The molecule has 0 amide bonds. The number of halogens is 1. The van der Waals surface area contributed by atoms with Crippen molar-refractivity contribution in [2.75, 3.05) is 0 Å². The van der Waals surface area contributed by atoms with Crippen molar-refractivity contribution in [2.45, 2.75) is 0 Å². The quantitative estimate of drug-likeness (QED) is 0.525. The third kappa shape index (κ3) is 4.10. The van der Waals surface area contributed by atoms with Crippen LogP contribution in [0.15, 0.2) is 80.7 Å². The zero-order valence-electron chi connectivity index (χ0n) is 11.8. The number of aromatic nitrogens is 4. The Hall–Kier alpha value is -2.80. The van der Waals surface area contributed by atoms with Gasteiger partial charge in [-0.3, -0.25) is 0 Å². The molecule has 114 valence electrons. The molecular weight excluding hydrogens is 360 g/mol. The van der Waals surface area contributed by atoms with Crippen LogP contribution in [0.2, 0.25) is 0 Å². The maximum absolute atomic E-state index is 5.16. The molecule has 0 atom stereocenters. The normalized spacial score (nSPS) is 9.96. The van der Waals surface area contributed by atoms with Gasteiger partial charge in [-0.1, -0.05) is 36.4 Å². The molecule has 0 saturated carbocycles. The van der Waals surface area contributed by atoms with E-state index < -0.39 is 0 Å². The molecule has 0 aliphatic heterocycles. The lowest BCUT2D eigenvalue weighted by atomic mass is 10.2. The molecule has 0 radical (unpaired) electrons. The maximum Gasteiger partial charge on any atom is 0.285 e. The van der Waals surface area contributed by atoms with Gasteiger partial charge in [0.2, 0.25) is 18.2 Å². The van der Waals surface area contributed by atoms with Crippen molar-refractivity contribution in [3.8, 4) is 22.9 Å². The van der Waals surface area contributed by atoms with Crippen LogP contribution in [-0.2, 0) is 0 Å². The van der Waals surface area contributed by atoms with Gasteiger partial charge in [0.05, 0.1) is 0 Å². The fourth-order valence-electron chi connectivity index (χ4n) is 1.78. The van der Waals surface area contributed by atoms with Crippen molar-refractivity contribution in [1.29, 1.82) is 0 Å². The molecule has 23 heavy (non-hydrogen) atoms. The summed E-state index contributed by atoms with van der Waals surface area (Å²) in [4.78, 5) is 0.404. The number of nitrogens with zero attached hydrogens (tertiary/aromatic N) is 4. The second-order valence-electron chi connectivity index (χ2n) is 4.34. The Morgan fingerprint density at radius 3 is 1.78 bits per heavy atom. The van der Waals surface area contributed by atoms with Crippen LogP contribution < -0.4 is 0 Å². The second kappa shape index (κ2) is 7.46. The van der Waals surface area contributed by atoms with Gasteiger partial charge in [0.25, 0.3) is 4.80 Å². The molecule has 2 aromatic carbocycles. The van der Waals surface area contributed by atoms with E-state index in [9.17, 15) is 0 Å². The zero-order valence-corrected chi connectivity index (χ0v) is 13.4. The van der Waals surface area contributed by atoms with Crippen LogP contribution in [0.25, 0.3) is 22.9 Å². The highest BCUT2D eigenvalue weighted by molar-refractivity contribution is 9.10. The van der Waals surface area contributed by atoms with E-state index in [1.165, 1.54) is 6.39 Å². The topological polar surface area (TPSA) is 77.8 Å². The standard InChI is InChI=1S/C8H5BrN2O.C8H6N2O/c9-8-11-10-7(12-8)6-4-2-1-3-5-6;1-2-4-7(5-3-1)8-10-9-6-11-8/h1-5H;1-6H. The summed E-state index contributed by atoms with van der Waals surface area (Å²) in [6.07, 6.45) is 1.32. The molecule has 7 heteroatoms. The first-order valence-corrected chi connectivity index (χ1v) is 7.48. The van der Waals surface area contributed by atoms with Gasteiger partial charge in [-0.05, 0) is 24.3 Å². The highest BCUT2D eigenvalue weighted by atomic mass is 79.9. The molecule has 0 bridgehead atoms. The molecule has 0 aliphatic rings. The van der Waals surface area contributed by atoms with E-state index in [1.807, 2.05) is 60.7 Å². The minimum atomic E-state index is 0.404. The molecule has 0 spiro atoms. The molecule has 0 aliphatic carbocycles. The van der Waals surface area contributed by atoms with Crippen LogP contribution >= 0.6 is 15.9 Å². The van der Waals surface area contributed by atoms with Gasteiger partial charge < -0.3 is 8.83 Å². The highest BCUT2D eigenvalue weighted by Crippen LogP contribution is 2.18. The molecular formula is C16H11BrN4O2. The van der Waals surface area contributed by atoms with Crippen LogP contribution in [0, 0.1) is 0 Å². The predicted molar refractivity (Wildman–Crippen MR) is 87.2 cm³/mol. The largest absolute Gasteiger partial charge is 0.423 e. The van der Waals surface area contributed by atoms with E-state index in [4.69, 9.17) is 8.83 Å². The van der Waals surface area contributed by atoms with E-state index in [2.05, 4.69) is 36.3 Å². The Balaban J connectivity index is 0.000000136. The predicted octanol–water partition coefficient (Wildman–Crippen LogP) is 4.24. The van der Waals surface area contributed by atoms with E-state index in [-0.39, 0.29) is 0 Å². The molecule has 0 N–H and O–H groups in total. The Bertz CT molecular complexity index is 833. The zero-order chi connectivity index (χ0) is 15.9. The van der Waals surface area contributed by atoms with Crippen molar-refractivity contribution in [1.82, 2.24) is 20.4 Å². The van der Waals surface area contributed by atoms with Gasteiger partial charge in [-0.25, -0.2) is 0 Å². The van der Waals surface area contributed by atoms with Crippen molar-refractivity contribution in [3.63, 3.8) is 0 Å². The third-order valence-electron chi connectivity index (χ3n) is 2.80. The van der Waals surface area contributed by atoms with Crippen molar-refractivity contribution < 1.29 is 8.83 Å². The Labute approximate surface area is 140 Å². The first-order valence-electron chi connectivity index (χ1n) is 6.69. The number of benzene rings is 2. The van der Waals surface area contributed by atoms with E-state index >= 15 is 0 Å². The summed E-state index contributed by atoms with van der Waals surface area (Å²) in [5.41, 5.74) is 1.88. The summed E-state index contributed by atoms with van der Waals surface area (Å²) in [5, 5.41) is 14.9. The van der Waals surface area contributed by atoms with Crippen LogP contribution in [0.4, 0.5) is 0 Å². The molecule has 2 heterocycles. The van der Waals surface area contributed by atoms with Gasteiger partial charge in [-0.15, -0.1) is 20.4 Å².